The van der Waals surface area contributed by atoms with E-state index in [4.69, 9.17) is 0 Å². The van der Waals surface area contributed by atoms with E-state index < -0.39 is 11.6 Å². The lowest BCUT2D eigenvalue weighted by molar-refractivity contribution is -0.0653. The van der Waals surface area contributed by atoms with E-state index in [1.807, 2.05) is 31.2 Å². The third-order valence-corrected chi connectivity index (χ3v) is 7.18. The molecule has 1 fully saturated rings. The first-order valence-electron chi connectivity index (χ1n) is 9.43. The van der Waals surface area contributed by atoms with Crippen molar-refractivity contribution in [3.05, 3.63) is 80.7 Å². The summed E-state index contributed by atoms with van der Waals surface area (Å²) in [6.07, 6.45) is 0.611. The van der Waals surface area contributed by atoms with E-state index in [0.717, 1.165) is 18.0 Å². The Hall–Kier alpha value is -1.99. The zero-order chi connectivity index (χ0) is 19.6. The van der Waals surface area contributed by atoms with Gasteiger partial charge in [-0.25, -0.2) is 0 Å². The fourth-order valence-corrected chi connectivity index (χ4v) is 5.47. The van der Waals surface area contributed by atoms with Crippen molar-refractivity contribution < 1.29 is 9.90 Å². The molecule has 2 aromatic heterocycles. The molecule has 2 N–H and O–H groups in total. The minimum absolute atomic E-state index is 0.0708. The maximum absolute atomic E-state index is 12.9. The third-order valence-electron chi connectivity index (χ3n) is 5.38. The Bertz CT molecular complexity index is 892. The Morgan fingerprint density at radius 3 is 2.57 bits per heavy atom. The van der Waals surface area contributed by atoms with Crippen molar-refractivity contribution in [1.82, 2.24) is 10.2 Å². The predicted octanol–water partition coefficient (Wildman–Crippen LogP) is 4.31. The minimum Gasteiger partial charge on any atom is -0.388 e. The number of carbonyl (C=O) groups excluding carboxylic acids is 1. The van der Waals surface area contributed by atoms with Crippen LogP contribution in [0.25, 0.3) is 0 Å². The van der Waals surface area contributed by atoms with E-state index in [-0.39, 0.29) is 11.9 Å². The Morgan fingerprint density at radius 1 is 1.14 bits per heavy atom. The van der Waals surface area contributed by atoms with E-state index in [0.29, 0.717) is 12.0 Å². The molecule has 3 aromatic rings. The highest BCUT2D eigenvalue weighted by atomic mass is 32.1. The lowest BCUT2D eigenvalue weighted by Crippen LogP contribution is -2.62. The Kier molecular flexibility index (Phi) is 5.64. The number of piperidine rings is 1. The summed E-state index contributed by atoms with van der Waals surface area (Å²) in [5, 5.41) is 18.5. The van der Waals surface area contributed by atoms with Crippen LogP contribution in [0.1, 0.15) is 39.5 Å². The average Bonchev–Trinajstić information content (AvgIpc) is 3.39. The maximum Gasteiger partial charge on any atom is 0.251 e. The number of hydrogen-bond acceptors (Lipinski definition) is 5. The standard InChI is InChI=1S/C22H24N2O2S2/c1-22(26)11-12-24(15-17-9-5-13-27-17)19(18-10-6-14-28-18)20(22)23-21(25)16-7-3-2-4-8-16/h2-10,13-14,19-20,26H,11-12,15H2,1H3,(H,23,25). The van der Waals surface area contributed by atoms with Crippen LogP contribution in [0, 0.1) is 0 Å². The first-order valence-corrected chi connectivity index (χ1v) is 11.2. The molecule has 0 radical (unpaired) electrons. The highest BCUT2D eigenvalue weighted by Crippen LogP contribution is 2.40. The number of hydrogen-bond donors (Lipinski definition) is 2. The lowest BCUT2D eigenvalue weighted by atomic mass is 9.81. The molecule has 1 aliphatic rings. The van der Waals surface area contributed by atoms with Gasteiger partial charge < -0.3 is 10.4 Å². The number of likely N-dealkylation sites (tertiary alicyclic amines) is 1. The van der Waals surface area contributed by atoms with Gasteiger partial charge in [-0.05, 0) is 48.4 Å². The van der Waals surface area contributed by atoms with Gasteiger partial charge in [0.1, 0.15) is 0 Å². The molecular weight excluding hydrogens is 388 g/mol. The summed E-state index contributed by atoms with van der Waals surface area (Å²) in [7, 11) is 0. The van der Waals surface area contributed by atoms with Crippen LogP contribution < -0.4 is 5.32 Å². The fraction of sp³-hybridized carbons (Fsp3) is 0.318. The van der Waals surface area contributed by atoms with E-state index in [2.05, 4.69) is 39.2 Å². The molecule has 6 heteroatoms. The number of carbonyl (C=O) groups is 1. The number of nitrogens with zero attached hydrogens (tertiary/aromatic N) is 1. The van der Waals surface area contributed by atoms with Crippen LogP contribution >= 0.6 is 22.7 Å². The second-order valence-corrected chi connectivity index (χ2v) is 9.45. The maximum atomic E-state index is 12.9. The monoisotopic (exact) mass is 412 g/mol. The number of nitrogens with one attached hydrogen (secondary N) is 1. The number of rotatable bonds is 5. The summed E-state index contributed by atoms with van der Waals surface area (Å²) in [5.74, 6) is -0.148. The smallest absolute Gasteiger partial charge is 0.251 e. The van der Waals surface area contributed by atoms with Gasteiger partial charge in [-0.15, -0.1) is 22.7 Å². The van der Waals surface area contributed by atoms with Crippen LogP contribution in [-0.4, -0.2) is 34.1 Å². The van der Waals surface area contributed by atoms with Crippen LogP contribution in [0.15, 0.2) is 65.4 Å². The molecule has 1 aliphatic heterocycles. The average molecular weight is 413 g/mol. The Balaban J connectivity index is 1.65. The zero-order valence-electron chi connectivity index (χ0n) is 15.7. The van der Waals surface area contributed by atoms with Gasteiger partial charge >= 0.3 is 0 Å². The lowest BCUT2D eigenvalue weighted by Gasteiger charge is -2.48. The van der Waals surface area contributed by atoms with E-state index in [9.17, 15) is 9.90 Å². The second-order valence-electron chi connectivity index (χ2n) is 7.43. The minimum atomic E-state index is -0.981. The number of benzene rings is 1. The van der Waals surface area contributed by atoms with Crippen LogP contribution in [-0.2, 0) is 6.54 Å². The van der Waals surface area contributed by atoms with Gasteiger partial charge in [0.2, 0.25) is 0 Å². The van der Waals surface area contributed by atoms with Crippen LogP contribution in [0.2, 0.25) is 0 Å². The highest BCUT2D eigenvalue weighted by Gasteiger charge is 2.46. The fourth-order valence-electron chi connectivity index (χ4n) is 3.85. The van der Waals surface area contributed by atoms with E-state index in [1.165, 1.54) is 4.88 Å². The molecule has 0 spiro atoms. The molecule has 4 rings (SSSR count). The van der Waals surface area contributed by atoms with Crippen molar-refractivity contribution in [1.29, 1.82) is 0 Å². The normalized spacial score (nSPS) is 25.5. The zero-order valence-corrected chi connectivity index (χ0v) is 17.4. The molecule has 28 heavy (non-hydrogen) atoms. The Morgan fingerprint density at radius 2 is 1.89 bits per heavy atom. The molecule has 0 bridgehead atoms. The van der Waals surface area contributed by atoms with Crippen LogP contribution in [0.5, 0.6) is 0 Å². The number of thiophene rings is 2. The predicted molar refractivity (Wildman–Crippen MR) is 115 cm³/mol. The SMILES string of the molecule is CC1(O)CCN(Cc2cccs2)C(c2cccs2)C1NC(=O)c1ccccc1. The Labute approximate surface area is 173 Å². The summed E-state index contributed by atoms with van der Waals surface area (Å²) in [5.41, 5.74) is -0.371. The first-order chi connectivity index (χ1) is 13.5. The molecule has 1 amide bonds. The molecule has 1 aromatic carbocycles. The van der Waals surface area contributed by atoms with Gasteiger partial charge in [-0.3, -0.25) is 9.69 Å². The largest absolute Gasteiger partial charge is 0.388 e. The molecule has 0 aliphatic carbocycles. The topological polar surface area (TPSA) is 52.6 Å². The van der Waals surface area contributed by atoms with Crippen LogP contribution in [0.3, 0.4) is 0 Å². The molecular formula is C22H24N2O2S2. The van der Waals surface area contributed by atoms with Crippen molar-refractivity contribution in [3.63, 3.8) is 0 Å². The molecule has 3 unspecified atom stereocenters. The van der Waals surface area contributed by atoms with Crippen molar-refractivity contribution in [2.45, 2.75) is 37.6 Å². The van der Waals surface area contributed by atoms with Crippen molar-refractivity contribution in [2.75, 3.05) is 6.54 Å². The van der Waals surface area contributed by atoms with Gasteiger partial charge in [-0.2, -0.15) is 0 Å². The van der Waals surface area contributed by atoms with Crippen molar-refractivity contribution >= 4 is 28.6 Å². The molecule has 146 valence electrons. The van der Waals surface area contributed by atoms with Gasteiger partial charge in [0.15, 0.2) is 0 Å². The van der Waals surface area contributed by atoms with E-state index in [1.54, 1.807) is 34.8 Å². The van der Waals surface area contributed by atoms with Gasteiger partial charge in [0.25, 0.3) is 5.91 Å². The molecule has 1 saturated heterocycles. The van der Waals surface area contributed by atoms with Gasteiger partial charge in [0, 0.05) is 28.4 Å². The highest BCUT2D eigenvalue weighted by molar-refractivity contribution is 7.10. The number of amides is 1. The quantitative estimate of drug-likeness (QED) is 0.657. The van der Waals surface area contributed by atoms with Crippen LogP contribution in [0.4, 0.5) is 0 Å². The summed E-state index contributed by atoms with van der Waals surface area (Å²) in [6.45, 7) is 3.44. The second kappa shape index (κ2) is 8.17. The molecule has 3 heterocycles. The van der Waals surface area contributed by atoms with Crippen molar-refractivity contribution in [2.24, 2.45) is 0 Å². The summed E-state index contributed by atoms with van der Waals surface area (Å²) < 4.78 is 0. The van der Waals surface area contributed by atoms with E-state index >= 15 is 0 Å². The summed E-state index contributed by atoms with van der Waals surface area (Å²) in [4.78, 5) is 17.7. The summed E-state index contributed by atoms with van der Waals surface area (Å²) in [6, 6.07) is 17.1. The number of aliphatic hydroxyl groups is 1. The van der Waals surface area contributed by atoms with Crippen molar-refractivity contribution in [3.8, 4) is 0 Å². The third kappa shape index (κ3) is 4.05. The van der Waals surface area contributed by atoms with Gasteiger partial charge in [-0.1, -0.05) is 30.3 Å². The summed E-state index contributed by atoms with van der Waals surface area (Å²) >= 11 is 3.41. The molecule has 0 saturated carbocycles. The van der Waals surface area contributed by atoms with Gasteiger partial charge in [0.05, 0.1) is 17.7 Å². The molecule has 3 atom stereocenters. The molecule has 4 nitrogen and oxygen atoms in total. The first kappa shape index (κ1) is 19.3.